The molecule has 0 aliphatic heterocycles. The Labute approximate surface area is 92.1 Å². The minimum Gasteiger partial charge on any atom is -0.389 e. The van der Waals surface area contributed by atoms with Crippen LogP contribution in [0.25, 0.3) is 0 Å². The highest BCUT2D eigenvalue weighted by Gasteiger charge is 2.51. The van der Waals surface area contributed by atoms with Gasteiger partial charge in [-0.3, -0.25) is 0 Å². The summed E-state index contributed by atoms with van der Waals surface area (Å²) in [5, 5.41) is 10.3. The summed E-state index contributed by atoms with van der Waals surface area (Å²) in [6.45, 7) is 4.31. The van der Waals surface area contributed by atoms with E-state index in [-0.39, 0.29) is 5.60 Å². The largest absolute Gasteiger partial charge is 0.389 e. The molecule has 1 nitrogen and oxygen atoms in total. The van der Waals surface area contributed by atoms with Crippen LogP contribution in [0.1, 0.15) is 37.3 Å². The van der Waals surface area contributed by atoms with Crippen molar-refractivity contribution in [3.8, 4) is 0 Å². The third kappa shape index (κ3) is 2.23. The van der Waals surface area contributed by atoms with E-state index in [1.165, 1.54) is 24.0 Å². The van der Waals surface area contributed by atoms with Gasteiger partial charge < -0.3 is 5.11 Å². The average Bonchev–Trinajstić information content (AvgIpc) is 2.82. The molecule has 1 aromatic carbocycles. The van der Waals surface area contributed by atoms with Crippen LogP contribution < -0.4 is 0 Å². The Morgan fingerprint density at radius 3 is 2.80 bits per heavy atom. The number of hydrogen-bond acceptors (Lipinski definition) is 1. The molecule has 1 saturated carbocycles. The first-order chi connectivity index (χ1) is 7.15. The van der Waals surface area contributed by atoms with Crippen LogP contribution in [-0.2, 0) is 6.42 Å². The van der Waals surface area contributed by atoms with Gasteiger partial charge in [-0.15, -0.1) is 0 Å². The molecule has 2 unspecified atom stereocenters. The molecule has 82 valence electrons. The molecule has 1 aromatic rings. The van der Waals surface area contributed by atoms with Crippen LogP contribution in [-0.4, -0.2) is 10.7 Å². The Balaban J connectivity index is 2.02. The minimum absolute atomic E-state index is 0.387. The molecule has 1 heteroatoms. The van der Waals surface area contributed by atoms with E-state index in [2.05, 4.69) is 38.1 Å². The highest BCUT2D eigenvalue weighted by atomic mass is 16.3. The zero-order valence-electron chi connectivity index (χ0n) is 9.66. The van der Waals surface area contributed by atoms with Gasteiger partial charge in [0.05, 0.1) is 5.60 Å². The predicted molar refractivity (Wildman–Crippen MR) is 62.8 cm³/mol. The molecule has 0 radical (unpaired) electrons. The second kappa shape index (κ2) is 3.97. The zero-order valence-corrected chi connectivity index (χ0v) is 9.66. The van der Waals surface area contributed by atoms with E-state index in [1.54, 1.807) is 0 Å². The Hall–Kier alpha value is -0.820. The van der Waals surface area contributed by atoms with Crippen molar-refractivity contribution < 1.29 is 5.11 Å². The quantitative estimate of drug-likeness (QED) is 0.799. The molecule has 1 aliphatic rings. The molecule has 2 rings (SSSR count). The van der Waals surface area contributed by atoms with Crippen LogP contribution in [0, 0.1) is 12.8 Å². The highest BCUT2D eigenvalue weighted by Crippen LogP contribution is 2.48. The van der Waals surface area contributed by atoms with E-state index in [4.69, 9.17) is 0 Å². The van der Waals surface area contributed by atoms with Gasteiger partial charge >= 0.3 is 0 Å². The monoisotopic (exact) mass is 204 g/mol. The second-order valence-corrected chi connectivity index (χ2v) is 4.90. The van der Waals surface area contributed by atoms with Crippen molar-refractivity contribution in [1.29, 1.82) is 0 Å². The van der Waals surface area contributed by atoms with Crippen LogP contribution in [0.2, 0.25) is 0 Å². The first-order valence-corrected chi connectivity index (χ1v) is 5.92. The molecule has 0 bridgehead atoms. The molecule has 0 amide bonds. The summed E-state index contributed by atoms with van der Waals surface area (Å²) in [6.07, 6.45) is 4.18. The van der Waals surface area contributed by atoms with Crippen molar-refractivity contribution in [3.63, 3.8) is 0 Å². The number of rotatable bonds is 4. The van der Waals surface area contributed by atoms with Crippen molar-refractivity contribution in [3.05, 3.63) is 35.4 Å². The molecule has 2 atom stereocenters. The highest BCUT2D eigenvalue weighted by molar-refractivity contribution is 5.29. The summed E-state index contributed by atoms with van der Waals surface area (Å²) in [6, 6.07) is 8.37. The summed E-state index contributed by atoms with van der Waals surface area (Å²) in [5.41, 5.74) is 2.22. The summed E-state index contributed by atoms with van der Waals surface area (Å²) in [5.74, 6) is 0.544. The van der Waals surface area contributed by atoms with Gasteiger partial charge in [-0.25, -0.2) is 0 Å². The number of hydrogen-bond donors (Lipinski definition) is 1. The van der Waals surface area contributed by atoms with Crippen molar-refractivity contribution in [1.82, 2.24) is 0 Å². The third-order valence-corrected chi connectivity index (χ3v) is 3.59. The van der Waals surface area contributed by atoms with Gasteiger partial charge in [0.15, 0.2) is 0 Å². The first kappa shape index (κ1) is 10.7. The molecule has 1 aliphatic carbocycles. The lowest BCUT2D eigenvalue weighted by molar-refractivity contribution is 0.129. The Morgan fingerprint density at radius 2 is 2.13 bits per heavy atom. The fraction of sp³-hybridized carbons (Fsp3) is 0.571. The molecule has 0 heterocycles. The second-order valence-electron chi connectivity index (χ2n) is 4.90. The van der Waals surface area contributed by atoms with E-state index >= 15 is 0 Å². The molecular formula is C14H20O. The minimum atomic E-state index is -0.387. The van der Waals surface area contributed by atoms with Crippen molar-refractivity contribution in [2.45, 2.75) is 45.1 Å². The third-order valence-electron chi connectivity index (χ3n) is 3.59. The summed E-state index contributed by atoms with van der Waals surface area (Å²) >= 11 is 0. The molecule has 1 N–H and O–H groups in total. The van der Waals surface area contributed by atoms with Gasteiger partial charge in [0, 0.05) is 6.42 Å². The Morgan fingerprint density at radius 1 is 1.40 bits per heavy atom. The van der Waals surface area contributed by atoms with E-state index in [0.29, 0.717) is 5.92 Å². The predicted octanol–water partition coefficient (Wildman–Crippen LogP) is 3.09. The summed E-state index contributed by atoms with van der Waals surface area (Å²) in [7, 11) is 0. The number of aryl methyl sites for hydroxylation is 1. The maximum Gasteiger partial charge on any atom is 0.0720 e. The van der Waals surface area contributed by atoms with E-state index in [0.717, 1.165) is 12.8 Å². The summed E-state index contributed by atoms with van der Waals surface area (Å²) in [4.78, 5) is 0. The van der Waals surface area contributed by atoms with Crippen LogP contribution in [0.5, 0.6) is 0 Å². The lowest BCUT2D eigenvalue weighted by Gasteiger charge is -2.12. The van der Waals surface area contributed by atoms with Crippen molar-refractivity contribution in [2.24, 2.45) is 5.92 Å². The fourth-order valence-electron chi connectivity index (χ4n) is 2.44. The normalized spacial score (nSPS) is 29.1. The number of aliphatic hydroxyl groups is 1. The van der Waals surface area contributed by atoms with E-state index in [1.807, 2.05) is 0 Å². The molecule has 0 aromatic heterocycles. The van der Waals surface area contributed by atoms with Gasteiger partial charge in [0.1, 0.15) is 0 Å². The van der Waals surface area contributed by atoms with Gasteiger partial charge in [-0.05, 0) is 36.8 Å². The van der Waals surface area contributed by atoms with Crippen LogP contribution in [0.3, 0.4) is 0 Å². The smallest absolute Gasteiger partial charge is 0.0720 e. The standard InChI is InChI=1S/C14H20O/c1-3-6-13-10-14(13,15)9-12-8-5-4-7-11(12)2/h4-5,7-8,13,15H,3,6,9-10H2,1-2H3. The van der Waals surface area contributed by atoms with Gasteiger partial charge in [0.25, 0.3) is 0 Å². The molecule has 0 spiro atoms. The van der Waals surface area contributed by atoms with Crippen molar-refractivity contribution in [2.75, 3.05) is 0 Å². The van der Waals surface area contributed by atoms with Crippen LogP contribution >= 0.6 is 0 Å². The molecule has 1 fully saturated rings. The lowest BCUT2D eigenvalue weighted by atomic mass is 9.99. The van der Waals surface area contributed by atoms with Crippen molar-refractivity contribution >= 4 is 0 Å². The SMILES string of the molecule is CCCC1CC1(O)Cc1ccccc1C. The lowest BCUT2D eigenvalue weighted by Crippen LogP contribution is -2.15. The molecular weight excluding hydrogens is 184 g/mol. The van der Waals surface area contributed by atoms with Crippen LogP contribution in [0.4, 0.5) is 0 Å². The van der Waals surface area contributed by atoms with Gasteiger partial charge in [0.2, 0.25) is 0 Å². The van der Waals surface area contributed by atoms with E-state index in [9.17, 15) is 5.11 Å². The first-order valence-electron chi connectivity index (χ1n) is 5.92. The zero-order chi connectivity index (χ0) is 10.9. The molecule has 15 heavy (non-hydrogen) atoms. The maximum atomic E-state index is 10.3. The fourth-order valence-corrected chi connectivity index (χ4v) is 2.44. The van der Waals surface area contributed by atoms with Gasteiger partial charge in [-0.1, -0.05) is 37.6 Å². The number of benzene rings is 1. The maximum absolute atomic E-state index is 10.3. The average molecular weight is 204 g/mol. The van der Waals surface area contributed by atoms with E-state index < -0.39 is 0 Å². The Kier molecular flexibility index (Phi) is 2.83. The Bertz CT molecular complexity index is 345. The van der Waals surface area contributed by atoms with Gasteiger partial charge in [-0.2, -0.15) is 0 Å². The topological polar surface area (TPSA) is 20.2 Å². The van der Waals surface area contributed by atoms with Crippen LogP contribution in [0.15, 0.2) is 24.3 Å². The summed E-state index contributed by atoms with van der Waals surface area (Å²) < 4.78 is 0. The molecule has 0 saturated heterocycles.